The first kappa shape index (κ1) is 19.6. The molecular formula is C19H24N2O5S. The zero-order chi connectivity index (χ0) is 19.5. The third-order valence-electron chi connectivity index (χ3n) is 4.58. The molecule has 0 aliphatic carbocycles. The largest absolute Gasteiger partial charge is 0.469 e. The molecule has 1 aliphatic rings. The lowest BCUT2D eigenvalue weighted by Crippen LogP contribution is -2.42. The van der Waals surface area contributed by atoms with E-state index >= 15 is 0 Å². The summed E-state index contributed by atoms with van der Waals surface area (Å²) >= 11 is 0. The first-order chi connectivity index (χ1) is 12.8. The smallest absolute Gasteiger partial charge is 0.251 e. The molecule has 2 N–H and O–H groups in total. The number of sulfonamides is 1. The summed E-state index contributed by atoms with van der Waals surface area (Å²) in [6.07, 6.45) is 3.55. The van der Waals surface area contributed by atoms with Gasteiger partial charge < -0.3 is 14.8 Å². The molecule has 3 rings (SSSR count). The average Bonchev–Trinajstić information content (AvgIpc) is 3.33. The SMILES string of the molecule is CC(O)(CNC(=O)c1ccc(S(=O)(=O)N2CCCC2)cc1)Cc1ccco1. The lowest BCUT2D eigenvalue weighted by Gasteiger charge is -2.22. The van der Waals surface area contributed by atoms with Gasteiger partial charge in [-0.25, -0.2) is 8.42 Å². The highest BCUT2D eigenvalue weighted by Gasteiger charge is 2.27. The molecule has 1 aromatic carbocycles. The van der Waals surface area contributed by atoms with Crippen molar-refractivity contribution in [3.8, 4) is 0 Å². The van der Waals surface area contributed by atoms with Gasteiger partial charge in [0.25, 0.3) is 5.91 Å². The van der Waals surface area contributed by atoms with Gasteiger partial charge >= 0.3 is 0 Å². The standard InChI is InChI=1S/C19H24N2O5S/c1-19(23,13-16-5-4-12-26-16)14-20-18(22)15-6-8-17(9-7-15)27(24,25)21-10-2-3-11-21/h4-9,12,23H,2-3,10-11,13-14H2,1H3,(H,20,22). The highest BCUT2D eigenvalue weighted by atomic mass is 32.2. The first-order valence-electron chi connectivity index (χ1n) is 8.91. The quantitative estimate of drug-likeness (QED) is 0.748. The summed E-state index contributed by atoms with van der Waals surface area (Å²) in [6, 6.07) is 9.36. The van der Waals surface area contributed by atoms with E-state index in [0.29, 0.717) is 24.4 Å². The van der Waals surface area contributed by atoms with Crippen LogP contribution in [-0.4, -0.2) is 49.0 Å². The van der Waals surface area contributed by atoms with Gasteiger partial charge in [-0.2, -0.15) is 4.31 Å². The summed E-state index contributed by atoms with van der Waals surface area (Å²) in [7, 11) is -3.49. The van der Waals surface area contributed by atoms with Crippen LogP contribution in [0.2, 0.25) is 0 Å². The van der Waals surface area contributed by atoms with Crippen LogP contribution in [0.3, 0.4) is 0 Å². The van der Waals surface area contributed by atoms with Crippen molar-refractivity contribution in [3.05, 3.63) is 54.0 Å². The Morgan fingerprint density at radius 2 is 1.89 bits per heavy atom. The zero-order valence-corrected chi connectivity index (χ0v) is 16.0. The summed E-state index contributed by atoms with van der Waals surface area (Å²) in [5.74, 6) is 0.255. The van der Waals surface area contributed by atoms with Crippen LogP contribution in [0.4, 0.5) is 0 Å². The molecule has 2 heterocycles. The Labute approximate surface area is 159 Å². The molecule has 1 atom stereocenters. The Bertz CT molecular complexity index is 867. The van der Waals surface area contributed by atoms with Gasteiger partial charge in [0.05, 0.1) is 16.8 Å². The Balaban J connectivity index is 1.60. The van der Waals surface area contributed by atoms with Crippen LogP contribution in [0.1, 0.15) is 35.9 Å². The highest BCUT2D eigenvalue weighted by molar-refractivity contribution is 7.89. The van der Waals surface area contributed by atoms with Gasteiger partial charge in [0.2, 0.25) is 10.0 Å². The number of furan rings is 1. The molecular weight excluding hydrogens is 368 g/mol. The number of amides is 1. The van der Waals surface area contributed by atoms with E-state index in [2.05, 4.69) is 5.32 Å². The molecule has 0 radical (unpaired) electrons. The molecule has 1 fully saturated rings. The van der Waals surface area contributed by atoms with Gasteiger partial charge in [0, 0.05) is 31.6 Å². The molecule has 1 unspecified atom stereocenters. The molecule has 7 nitrogen and oxygen atoms in total. The van der Waals surface area contributed by atoms with Gasteiger partial charge in [-0.3, -0.25) is 4.79 Å². The van der Waals surface area contributed by atoms with Gasteiger partial charge in [0.15, 0.2) is 0 Å². The van der Waals surface area contributed by atoms with Crippen molar-refractivity contribution in [1.82, 2.24) is 9.62 Å². The van der Waals surface area contributed by atoms with E-state index in [1.807, 2.05) is 0 Å². The number of carbonyl (C=O) groups is 1. The van der Waals surface area contributed by atoms with Crippen LogP contribution in [-0.2, 0) is 16.4 Å². The third kappa shape index (κ3) is 4.77. The minimum atomic E-state index is -3.49. The van der Waals surface area contributed by atoms with Crippen LogP contribution in [0.5, 0.6) is 0 Å². The number of hydrogen-bond acceptors (Lipinski definition) is 5. The van der Waals surface area contributed by atoms with E-state index in [1.165, 1.54) is 34.8 Å². The Hall–Kier alpha value is -2.16. The molecule has 27 heavy (non-hydrogen) atoms. The number of hydrogen-bond donors (Lipinski definition) is 2. The van der Waals surface area contributed by atoms with E-state index in [1.54, 1.807) is 19.1 Å². The number of rotatable bonds is 7. The van der Waals surface area contributed by atoms with Crippen molar-refractivity contribution in [2.75, 3.05) is 19.6 Å². The van der Waals surface area contributed by atoms with Crippen LogP contribution in [0.25, 0.3) is 0 Å². The fourth-order valence-corrected chi connectivity index (χ4v) is 4.60. The average molecular weight is 392 g/mol. The predicted octanol–water partition coefficient (Wildman–Crippen LogP) is 1.79. The van der Waals surface area contributed by atoms with Crippen molar-refractivity contribution >= 4 is 15.9 Å². The van der Waals surface area contributed by atoms with E-state index in [9.17, 15) is 18.3 Å². The predicted molar refractivity (Wildman–Crippen MR) is 99.8 cm³/mol. The summed E-state index contributed by atoms with van der Waals surface area (Å²) in [6.45, 7) is 2.73. The molecule has 146 valence electrons. The second-order valence-corrected chi connectivity index (χ2v) is 9.01. The van der Waals surface area contributed by atoms with Gasteiger partial charge in [-0.05, 0) is 56.2 Å². The van der Waals surface area contributed by atoms with Gasteiger partial charge in [-0.1, -0.05) is 0 Å². The summed E-state index contributed by atoms with van der Waals surface area (Å²) in [5, 5.41) is 13.1. The fraction of sp³-hybridized carbons (Fsp3) is 0.421. The molecule has 1 saturated heterocycles. The number of nitrogens with one attached hydrogen (secondary N) is 1. The minimum absolute atomic E-state index is 0.0420. The zero-order valence-electron chi connectivity index (χ0n) is 15.2. The molecule has 1 aliphatic heterocycles. The van der Waals surface area contributed by atoms with Crippen LogP contribution in [0, 0.1) is 0 Å². The van der Waals surface area contributed by atoms with Crippen molar-refractivity contribution in [2.45, 2.75) is 36.7 Å². The number of nitrogens with zero attached hydrogens (tertiary/aromatic N) is 1. The fourth-order valence-electron chi connectivity index (χ4n) is 3.08. The number of aliphatic hydroxyl groups is 1. The van der Waals surface area contributed by atoms with E-state index in [4.69, 9.17) is 4.42 Å². The second-order valence-electron chi connectivity index (χ2n) is 7.07. The lowest BCUT2D eigenvalue weighted by atomic mass is 10.0. The normalized spacial score (nSPS) is 17.6. The van der Waals surface area contributed by atoms with Gasteiger partial charge in [-0.15, -0.1) is 0 Å². The molecule has 0 saturated carbocycles. The maximum Gasteiger partial charge on any atom is 0.251 e. The van der Waals surface area contributed by atoms with Crippen molar-refractivity contribution in [2.24, 2.45) is 0 Å². The monoisotopic (exact) mass is 392 g/mol. The van der Waals surface area contributed by atoms with Crippen molar-refractivity contribution in [3.63, 3.8) is 0 Å². The number of carbonyl (C=O) groups excluding carboxylic acids is 1. The topological polar surface area (TPSA) is 99.8 Å². The molecule has 0 bridgehead atoms. The molecule has 0 spiro atoms. The highest BCUT2D eigenvalue weighted by Crippen LogP contribution is 2.21. The minimum Gasteiger partial charge on any atom is -0.469 e. The molecule has 8 heteroatoms. The maximum atomic E-state index is 12.5. The lowest BCUT2D eigenvalue weighted by molar-refractivity contribution is 0.0510. The van der Waals surface area contributed by atoms with Crippen LogP contribution in [0.15, 0.2) is 52.0 Å². The van der Waals surface area contributed by atoms with Gasteiger partial charge in [0.1, 0.15) is 5.76 Å². The Morgan fingerprint density at radius 1 is 1.22 bits per heavy atom. The summed E-state index contributed by atoms with van der Waals surface area (Å²) in [5.41, 5.74) is -0.823. The van der Waals surface area contributed by atoms with E-state index in [-0.39, 0.29) is 23.8 Å². The second kappa shape index (κ2) is 7.84. The first-order valence-corrected chi connectivity index (χ1v) is 10.4. The maximum absolute atomic E-state index is 12.5. The Kier molecular flexibility index (Phi) is 5.69. The number of benzene rings is 1. The Morgan fingerprint density at radius 3 is 2.48 bits per heavy atom. The third-order valence-corrected chi connectivity index (χ3v) is 6.50. The van der Waals surface area contributed by atoms with Crippen molar-refractivity contribution in [1.29, 1.82) is 0 Å². The molecule has 1 aromatic heterocycles. The summed E-state index contributed by atoms with van der Waals surface area (Å²) < 4.78 is 31.7. The van der Waals surface area contributed by atoms with Crippen LogP contribution < -0.4 is 5.32 Å². The molecule has 1 amide bonds. The van der Waals surface area contributed by atoms with E-state index < -0.39 is 15.6 Å². The summed E-state index contributed by atoms with van der Waals surface area (Å²) in [4.78, 5) is 12.5. The molecule has 2 aromatic rings. The van der Waals surface area contributed by atoms with Crippen LogP contribution >= 0.6 is 0 Å². The van der Waals surface area contributed by atoms with E-state index in [0.717, 1.165) is 12.8 Å². The van der Waals surface area contributed by atoms with Crippen molar-refractivity contribution < 1.29 is 22.7 Å².